The summed E-state index contributed by atoms with van der Waals surface area (Å²) in [5.41, 5.74) is -25.6. The fourth-order valence-corrected chi connectivity index (χ4v) is 8.11. The lowest BCUT2D eigenvalue weighted by Gasteiger charge is -2.11. The number of methoxy groups -OCH3 is 4. The van der Waals surface area contributed by atoms with Crippen LogP contribution in [0, 0.1) is 64.0 Å². The maximum absolute atomic E-state index is 16.9. The number of nitrogens with one attached hydrogen (secondary N) is 2. The number of hydrogen-bond acceptors (Lipinski definition) is 6. The average Bonchev–Trinajstić information content (AvgIpc) is 4.00. The first-order valence-corrected chi connectivity index (χ1v) is 19.9. The predicted molar refractivity (Wildman–Crippen MR) is 227 cm³/mol. The summed E-state index contributed by atoms with van der Waals surface area (Å²) < 4.78 is 268. The minimum absolute atomic E-state index is 0.273. The number of nitrogens with zero attached hydrogens (tertiary/aromatic N) is 2. The quantitative estimate of drug-likeness (QED) is 0.147. The van der Waals surface area contributed by atoms with E-state index >= 15 is 65.9 Å². The number of halogens is 15. The van der Waals surface area contributed by atoms with Crippen molar-refractivity contribution in [3.8, 4) is 67.5 Å². The second kappa shape index (κ2) is 17.5. The Morgan fingerprint density at radius 3 is 0.831 bits per heavy atom. The van der Waals surface area contributed by atoms with Crippen molar-refractivity contribution in [2.75, 3.05) is 28.4 Å². The van der Waals surface area contributed by atoms with Gasteiger partial charge in [-0.15, -0.1) is 0 Å². The monoisotopic (exact) mass is 1000 g/mol. The van der Waals surface area contributed by atoms with E-state index in [-0.39, 0.29) is 5.75 Å². The Morgan fingerprint density at radius 2 is 0.563 bits per heavy atom. The Kier molecular flexibility index (Phi) is 11.8. The van der Waals surface area contributed by atoms with Crippen molar-refractivity contribution in [3.05, 3.63) is 141 Å². The average molecular weight is 1000 g/mol. The van der Waals surface area contributed by atoms with E-state index in [2.05, 4.69) is 9.97 Å². The molecule has 8 bridgehead atoms. The Bertz CT molecular complexity index is 3610. The summed E-state index contributed by atoms with van der Waals surface area (Å²) in [6.07, 6.45) is 0. The molecule has 0 fully saturated rings. The van der Waals surface area contributed by atoms with E-state index in [1.165, 1.54) is 0 Å². The molecule has 23 heteroatoms. The molecule has 2 aliphatic rings. The Morgan fingerprint density at radius 1 is 0.310 bits per heavy atom. The molecule has 0 aliphatic carbocycles. The van der Waals surface area contributed by atoms with Gasteiger partial charge < -0.3 is 28.9 Å². The van der Waals surface area contributed by atoms with Crippen LogP contribution in [0.1, 0.15) is 22.8 Å². The SMILES string of the molecule is COc1ccc(-c2c3nc(c(-c4c(F)cc(OC)cc4F)c4[nH]c(c(F)c4F)c(-c4c(F)cc(OC)cc4F)c4nc(c(-c5c(F)cc(OC)cc5F)c5[nH]c2c(F)c5F)C(F)=C4F)C(F)=C3F)c(F)c1. The number of hydrogen-bond donors (Lipinski definition) is 2. The lowest BCUT2D eigenvalue weighted by molar-refractivity contribution is 0.407. The third-order valence-electron chi connectivity index (χ3n) is 11.3. The molecule has 8 nitrogen and oxygen atoms in total. The highest BCUT2D eigenvalue weighted by Gasteiger charge is 2.38. The number of aromatic nitrogens is 4. The zero-order valence-electron chi connectivity index (χ0n) is 35.9. The summed E-state index contributed by atoms with van der Waals surface area (Å²) in [6.45, 7) is 0. The predicted octanol–water partition coefficient (Wildman–Crippen LogP) is 14.1. The topological polar surface area (TPSA) is 94.3 Å². The van der Waals surface area contributed by atoms with Crippen LogP contribution in [0.2, 0.25) is 0 Å². The van der Waals surface area contributed by atoms with Crippen LogP contribution in [0.5, 0.6) is 23.0 Å². The molecular weight excluding hydrogens is 982 g/mol. The molecule has 4 aromatic carbocycles. The van der Waals surface area contributed by atoms with Crippen molar-refractivity contribution in [2.45, 2.75) is 0 Å². The zero-order chi connectivity index (χ0) is 51.2. The van der Waals surface area contributed by atoms with E-state index in [1.54, 1.807) is 0 Å². The van der Waals surface area contributed by atoms with E-state index in [4.69, 9.17) is 18.9 Å². The molecule has 0 atom stereocenters. The van der Waals surface area contributed by atoms with Crippen LogP contribution >= 0.6 is 0 Å². The fraction of sp³-hybridized carbons (Fsp3) is 0.0833. The lowest BCUT2D eigenvalue weighted by atomic mass is 10.0. The van der Waals surface area contributed by atoms with Gasteiger partial charge >= 0.3 is 0 Å². The van der Waals surface area contributed by atoms with Crippen LogP contribution in [0.25, 0.3) is 89.9 Å². The van der Waals surface area contributed by atoms with Gasteiger partial charge in [0.25, 0.3) is 0 Å². The van der Waals surface area contributed by atoms with Crippen LogP contribution in [0.3, 0.4) is 0 Å². The number of ether oxygens (including phenoxy) is 4. The number of benzene rings is 4. The van der Waals surface area contributed by atoms with Crippen molar-refractivity contribution in [1.82, 2.24) is 19.9 Å². The van der Waals surface area contributed by atoms with E-state index in [9.17, 15) is 0 Å². The molecule has 0 saturated carbocycles. The molecule has 364 valence electrons. The zero-order valence-corrected chi connectivity index (χ0v) is 35.9. The van der Waals surface area contributed by atoms with Gasteiger partial charge in [-0.3, -0.25) is 0 Å². The summed E-state index contributed by atoms with van der Waals surface area (Å²) in [5, 5.41) is 0. The van der Waals surface area contributed by atoms with Gasteiger partial charge in [-0.25, -0.2) is 75.8 Å². The molecule has 3 aromatic heterocycles. The van der Waals surface area contributed by atoms with Gasteiger partial charge in [0.05, 0.1) is 67.2 Å². The van der Waals surface area contributed by atoms with Gasteiger partial charge in [0.1, 0.15) is 86.5 Å². The molecular formula is C48H23F15N4O4. The highest BCUT2D eigenvalue weighted by Crippen LogP contribution is 2.50. The summed E-state index contributed by atoms with van der Waals surface area (Å²) in [5.74, 6) is -33.3. The molecule has 0 amide bonds. The lowest BCUT2D eigenvalue weighted by Crippen LogP contribution is -1.99. The fourth-order valence-electron chi connectivity index (χ4n) is 8.11. The molecule has 0 saturated heterocycles. The second-order valence-electron chi connectivity index (χ2n) is 15.1. The maximum Gasteiger partial charge on any atom is 0.187 e. The minimum atomic E-state index is -2.41. The van der Waals surface area contributed by atoms with E-state index in [1.807, 2.05) is 9.97 Å². The van der Waals surface area contributed by atoms with Gasteiger partial charge in [0, 0.05) is 70.3 Å². The van der Waals surface area contributed by atoms with Crippen molar-refractivity contribution in [2.24, 2.45) is 0 Å². The van der Waals surface area contributed by atoms with Crippen molar-refractivity contribution >= 4 is 45.4 Å². The largest absolute Gasteiger partial charge is 0.497 e. The van der Waals surface area contributed by atoms with Crippen molar-refractivity contribution in [3.63, 3.8) is 0 Å². The maximum atomic E-state index is 16.9. The third kappa shape index (κ3) is 7.35. The van der Waals surface area contributed by atoms with Crippen molar-refractivity contribution < 1.29 is 84.8 Å². The second-order valence-corrected chi connectivity index (χ2v) is 15.1. The first-order valence-electron chi connectivity index (χ1n) is 19.9. The molecule has 0 radical (unpaired) electrons. The molecule has 71 heavy (non-hydrogen) atoms. The Balaban J connectivity index is 1.67. The highest BCUT2D eigenvalue weighted by molar-refractivity contribution is 6.05. The molecule has 5 heterocycles. The van der Waals surface area contributed by atoms with Crippen molar-refractivity contribution in [1.29, 1.82) is 0 Å². The number of H-pyrrole nitrogens is 2. The molecule has 2 aliphatic heterocycles. The minimum Gasteiger partial charge on any atom is -0.497 e. The van der Waals surface area contributed by atoms with E-state index < -0.39 is 194 Å². The van der Waals surface area contributed by atoms with E-state index in [0.29, 0.717) is 48.5 Å². The van der Waals surface area contributed by atoms with Crippen LogP contribution in [-0.4, -0.2) is 48.4 Å². The van der Waals surface area contributed by atoms with Crippen LogP contribution < -0.4 is 18.9 Å². The Hall–Kier alpha value is -8.37. The summed E-state index contributed by atoms with van der Waals surface area (Å²) in [6, 6.07) is 4.71. The summed E-state index contributed by atoms with van der Waals surface area (Å²) >= 11 is 0. The van der Waals surface area contributed by atoms with Gasteiger partial charge in [-0.1, -0.05) is 0 Å². The molecule has 9 rings (SSSR count). The first kappa shape index (κ1) is 47.7. The van der Waals surface area contributed by atoms with Gasteiger partial charge in [0.2, 0.25) is 0 Å². The Labute approximate surface area is 386 Å². The summed E-state index contributed by atoms with van der Waals surface area (Å²) in [7, 11) is 3.87. The highest BCUT2D eigenvalue weighted by atomic mass is 19.2. The van der Waals surface area contributed by atoms with E-state index in [0.717, 1.165) is 34.5 Å². The normalized spacial score (nSPS) is 12.6. The standard InChI is InChI=1S/C48H23F15N4O4/c1-68-14-5-6-18(19(49)7-14)26-41-33(56)35(58)43(64-41)30(27-20(50)8-15(69-2)9-21(27)51)45-37(60)39(62)47(66-45)32(29-24(54)12-17(71-4)13-25(29)55)48-40(63)38(61)46(67-48)31(44-36(59)34(57)42(26)65-44)28-22(52)10-16(70-3)11-23(28)53/h5-13,64,67H,1-4H3. The van der Waals surface area contributed by atoms with Crippen LogP contribution in [0.15, 0.2) is 54.6 Å². The smallest absolute Gasteiger partial charge is 0.187 e. The first-order chi connectivity index (χ1) is 33.8. The van der Waals surface area contributed by atoms with Gasteiger partial charge in [-0.2, -0.15) is 0 Å². The molecule has 0 unspecified atom stereocenters. The molecule has 0 spiro atoms. The third-order valence-corrected chi connectivity index (χ3v) is 11.3. The van der Waals surface area contributed by atoms with Gasteiger partial charge in [-0.05, 0) is 12.1 Å². The van der Waals surface area contributed by atoms with Crippen LogP contribution in [0.4, 0.5) is 65.9 Å². The summed E-state index contributed by atoms with van der Waals surface area (Å²) in [4.78, 5) is 11.3. The molecule has 7 aromatic rings. The number of rotatable bonds is 8. The number of aromatic amines is 2. The number of fused-ring (bicyclic) bond motifs is 8. The van der Waals surface area contributed by atoms with Gasteiger partial charge in [0.15, 0.2) is 46.6 Å². The van der Waals surface area contributed by atoms with Crippen LogP contribution in [-0.2, 0) is 0 Å². The molecule has 2 N–H and O–H groups in total.